The minimum absolute atomic E-state index is 0.0254. The maximum absolute atomic E-state index is 13.5. The Balaban J connectivity index is 1.42. The maximum atomic E-state index is 13.5. The Labute approximate surface area is 206 Å². The molecule has 8 nitrogen and oxygen atoms in total. The predicted molar refractivity (Wildman–Crippen MR) is 126 cm³/mol. The van der Waals surface area contributed by atoms with E-state index in [0.29, 0.717) is 35.1 Å². The van der Waals surface area contributed by atoms with Crippen LogP contribution in [0.4, 0.5) is 34.2 Å². The molecule has 0 aliphatic heterocycles. The lowest BCUT2D eigenvalue weighted by atomic mass is 10.1. The van der Waals surface area contributed by atoms with Crippen molar-refractivity contribution >= 4 is 34.1 Å². The smallest absolute Gasteiger partial charge is 0.419 e. The van der Waals surface area contributed by atoms with E-state index in [1.54, 1.807) is 30.3 Å². The molecule has 4 aromatic rings. The number of halogens is 4. The van der Waals surface area contributed by atoms with Crippen LogP contribution in [0.1, 0.15) is 29.8 Å². The topological polar surface area (TPSA) is 102 Å². The summed E-state index contributed by atoms with van der Waals surface area (Å²) < 4.78 is 61.9. The van der Waals surface area contributed by atoms with Crippen LogP contribution < -0.4 is 15.4 Å². The van der Waals surface area contributed by atoms with E-state index in [9.17, 15) is 22.4 Å². The molecule has 36 heavy (non-hydrogen) atoms. The zero-order chi connectivity index (χ0) is 25.9. The molecule has 1 amide bonds. The molecule has 0 radical (unpaired) electrons. The third kappa shape index (κ3) is 6.10. The van der Waals surface area contributed by atoms with Gasteiger partial charge in [-0.1, -0.05) is 0 Å². The van der Waals surface area contributed by atoms with Crippen LogP contribution in [0.15, 0.2) is 54.9 Å². The van der Waals surface area contributed by atoms with E-state index < -0.39 is 23.5 Å². The van der Waals surface area contributed by atoms with Crippen LogP contribution in [0.25, 0.3) is 11.4 Å². The Morgan fingerprint density at radius 1 is 1.06 bits per heavy atom. The number of hydrogen-bond acceptors (Lipinski definition) is 8. The van der Waals surface area contributed by atoms with Gasteiger partial charge in [0.1, 0.15) is 18.0 Å². The zero-order valence-electron chi connectivity index (χ0n) is 18.8. The van der Waals surface area contributed by atoms with Crippen molar-refractivity contribution in [3.05, 3.63) is 71.8 Å². The summed E-state index contributed by atoms with van der Waals surface area (Å²) >= 11 is 0.789. The number of amides is 1. The molecule has 2 heterocycles. The van der Waals surface area contributed by atoms with Gasteiger partial charge in [0, 0.05) is 34.4 Å². The molecule has 0 bridgehead atoms. The first-order chi connectivity index (χ1) is 17.1. The first-order valence-corrected chi connectivity index (χ1v) is 11.2. The molecule has 0 aliphatic rings. The summed E-state index contributed by atoms with van der Waals surface area (Å²) in [5.41, 5.74) is -0.469. The monoisotopic (exact) mass is 518 g/mol. The first kappa shape index (κ1) is 25.0. The molecule has 186 valence electrons. The van der Waals surface area contributed by atoms with Crippen molar-refractivity contribution in [3.63, 3.8) is 0 Å². The molecule has 0 fully saturated rings. The molecule has 4 rings (SSSR count). The van der Waals surface area contributed by atoms with Crippen LogP contribution in [-0.4, -0.2) is 31.3 Å². The average molecular weight is 518 g/mol. The molecular weight excluding hydrogens is 500 g/mol. The zero-order valence-corrected chi connectivity index (χ0v) is 19.6. The Bertz CT molecular complexity index is 1380. The van der Waals surface area contributed by atoms with Gasteiger partial charge in [0.15, 0.2) is 5.82 Å². The summed E-state index contributed by atoms with van der Waals surface area (Å²) in [5.74, 6) is -1.02. The number of alkyl halides is 3. The van der Waals surface area contributed by atoms with E-state index in [1.165, 1.54) is 6.33 Å². The molecule has 0 unspecified atom stereocenters. The second-order valence-electron chi connectivity index (χ2n) is 7.68. The lowest BCUT2D eigenvalue weighted by Gasteiger charge is -2.10. The fourth-order valence-electron chi connectivity index (χ4n) is 3.01. The van der Waals surface area contributed by atoms with Crippen LogP contribution in [-0.2, 0) is 6.18 Å². The predicted octanol–water partition coefficient (Wildman–Crippen LogP) is 5.94. The number of benzene rings is 2. The molecule has 0 saturated heterocycles. The molecule has 2 aromatic heterocycles. The Hall–Kier alpha value is -4.13. The highest BCUT2D eigenvalue weighted by molar-refractivity contribution is 7.10. The lowest BCUT2D eigenvalue weighted by Crippen LogP contribution is -2.11. The highest BCUT2D eigenvalue weighted by Crippen LogP contribution is 2.34. The number of nitrogens with one attached hydrogen (secondary N) is 2. The molecule has 2 aromatic carbocycles. The van der Waals surface area contributed by atoms with Gasteiger partial charge in [-0.2, -0.15) is 22.5 Å². The molecular formula is C23H18F4N6O2S. The fraction of sp³-hybridized carbons (Fsp3) is 0.174. The van der Waals surface area contributed by atoms with Crippen LogP contribution in [0.5, 0.6) is 5.88 Å². The van der Waals surface area contributed by atoms with Crippen molar-refractivity contribution in [2.24, 2.45) is 0 Å². The number of carbonyl (C=O) groups is 1. The molecule has 0 saturated carbocycles. The van der Waals surface area contributed by atoms with Crippen molar-refractivity contribution in [2.45, 2.75) is 26.1 Å². The summed E-state index contributed by atoms with van der Waals surface area (Å²) in [7, 11) is 0. The fourth-order valence-corrected chi connectivity index (χ4v) is 3.59. The van der Waals surface area contributed by atoms with Gasteiger partial charge in [0.2, 0.25) is 11.0 Å². The first-order valence-electron chi connectivity index (χ1n) is 10.5. The Kier molecular flexibility index (Phi) is 7.10. The van der Waals surface area contributed by atoms with Gasteiger partial charge < -0.3 is 10.1 Å². The molecule has 13 heteroatoms. The Morgan fingerprint density at radius 3 is 2.50 bits per heavy atom. The van der Waals surface area contributed by atoms with Crippen molar-refractivity contribution in [1.82, 2.24) is 19.3 Å². The number of anilines is 3. The second kappa shape index (κ2) is 10.2. The van der Waals surface area contributed by atoms with E-state index in [2.05, 4.69) is 30.0 Å². The summed E-state index contributed by atoms with van der Waals surface area (Å²) in [6.45, 7) is 3.77. The summed E-state index contributed by atoms with van der Waals surface area (Å²) in [4.78, 5) is 24.8. The van der Waals surface area contributed by atoms with Crippen molar-refractivity contribution < 1.29 is 27.1 Å². The van der Waals surface area contributed by atoms with Gasteiger partial charge in [-0.3, -0.25) is 10.1 Å². The Morgan fingerprint density at radius 2 is 1.81 bits per heavy atom. The third-order valence-corrected chi connectivity index (χ3v) is 5.22. The van der Waals surface area contributed by atoms with Gasteiger partial charge in [-0.25, -0.2) is 14.4 Å². The minimum atomic E-state index is -4.86. The van der Waals surface area contributed by atoms with Gasteiger partial charge in [0.05, 0.1) is 11.7 Å². The number of nitrogens with zero attached hydrogens (tertiary/aromatic N) is 4. The average Bonchev–Trinajstić information content (AvgIpc) is 3.27. The van der Waals surface area contributed by atoms with E-state index in [1.807, 2.05) is 13.8 Å². The molecule has 0 atom stereocenters. The lowest BCUT2D eigenvalue weighted by molar-refractivity contribution is -0.139. The van der Waals surface area contributed by atoms with Crippen molar-refractivity contribution in [2.75, 3.05) is 10.6 Å². The van der Waals surface area contributed by atoms with Crippen LogP contribution >= 0.6 is 11.5 Å². The normalized spacial score (nSPS) is 11.4. The molecule has 0 spiro atoms. The van der Waals surface area contributed by atoms with Crippen LogP contribution in [0.3, 0.4) is 0 Å². The SMILES string of the molecule is CC(C)Oc1cc(Nc2ccc(C(=O)Nc3nc(-c4ccc(F)c(C(F)(F)F)c4)ns3)cc2)ncn1. The quantitative estimate of drug-likeness (QED) is 0.292. The molecule has 0 aliphatic carbocycles. The number of rotatable bonds is 7. The van der Waals surface area contributed by atoms with Crippen molar-refractivity contribution in [3.8, 4) is 17.3 Å². The highest BCUT2D eigenvalue weighted by Gasteiger charge is 2.34. The van der Waals surface area contributed by atoms with Gasteiger partial charge in [0.25, 0.3) is 5.91 Å². The third-order valence-electron chi connectivity index (χ3n) is 4.59. The summed E-state index contributed by atoms with van der Waals surface area (Å²) in [5, 5.41) is 5.71. The maximum Gasteiger partial charge on any atom is 0.419 e. The highest BCUT2D eigenvalue weighted by atomic mass is 32.1. The van der Waals surface area contributed by atoms with Gasteiger partial charge in [-0.15, -0.1) is 0 Å². The number of ether oxygens (including phenoxy) is 1. The van der Waals surface area contributed by atoms with E-state index in [-0.39, 0.29) is 22.6 Å². The van der Waals surface area contributed by atoms with Gasteiger partial charge in [-0.05, 0) is 56.3 Å². The van der Waals surface area contributed by atoms with Crippen molar-refractivity contribution in [1.29, 1.82) is 0 Å². The number of aromatic nitrogens is 4. The van der Waals surface area contributed by atoms with Crippen LogP contribution in [0.2, 0.25) is 0 Å². The summed E-state index contributed by atoms with van der Waals surface area (Å²) in [6.07, 6.45) is -3.53. The van der Waals surface area contributed by atoms with E-state index >= 15 is 0 Å². The number of hydrogen-bond donors (Lipinski definition) is 2. The standard InChI is InChI=1S/C23H18F4N6O2S/c1-12(2)35-19-10-18(28-11-29-19)30-15-6-3-13(4-7-15)21(34)32-22-31-20(33-36-22)14-5-8-17(24)16(9-14)23(25,26)27/h3-12H,1-2H3,(H,28,29,30)(H,31,32,33,34). The van der Waals surface area contributed by atoms with E-state index in [4.69, 9.17) is 4.74 Å². The minimum Gasteiger partial charge on any atom is -0.475 e. The van der Waals surface area contributed by atoms with Crippen LogP contribution in [0, 0.1) is 5.82 Å². The number of carbonyl (C=O) groups excluding carboxylic acids is 1. The van der Waals surface area contributed by atoms with E-state index in [0.717, 1.165) is 17.6 Å². The summed E-state index contributed by atoms with van der Waals surface area (Å²) in [6, 6.07) is 10.6. The molecule has 2 N–H and O–H groups in total. The second-order valence-corrected chi connectivity index (χ2v) is 8.43. The largest absolute Gasteiger partial charge is 0.475 e. The van der Waals surface area contributed by atoms with Gasteiger partial charge >= 0.3 is 6.18 Å².